The minimum Gasteiger partial charge on any atom is -0.390 e. The van der Waals surface area contributed by atoms with Crippen molar-refractivity contribution in [3.8, 4) is 0 Å². The van der Waals surface area contributed by atoms with Crippen LogP contribution < -0.4 is 5.32 Å². The molecular weight excluding hydrogens is 289 g/mol. The van der Waals surface area contributed by atoms with Crippen molar-refractivity contribution in [2.24, 2.45) is 0 Å². The van der Waals surface area contributed by atoms with Gasteiger partial charge in [-0.1, -0.05) is 29.8 Å². The molecule has 1 unspecified atom stereocenters. The quantitative estimate of drug-likeness (QED) is 0.815. The van der Waals surface area contributed by atoms with E-state index in [0.717, 1.165) is 10.2 Å². The number of nitrogens with one attached hydrogen (secondary N) is 1. The molecule has 0 heterocycles. The highest BCUT2D eigenvalue weighted by Gasteiger charge is 2.08. The van der Waals surface area contributed by atoms with Crippen LogP contribution in [-0.2, 0) is 0 Å². The standard InChI is InChI=1S/C12H17BrClNO/c1-8(2)11-5-9(13)3-4-12(11)15-7-10(16)6-14/h3-5,8,10,15-16H,6-7H2,1-2H3. The first kappa shape index (κ1) is 13.8. The van der Waals surface area contributed by atoms with E-state index in [1.807, 2.05) is 12.1 Å². The van der Waals surface area contributed by atoms with Gasteiger partial charge in [0.25, 0.3) is 0 Å². The Morgan fingerprint density at radius 3 is 2.69 bits per heavy atom. The fourth-order valence-electron chi connectivity index (χ4n) is 1.45. The maximum Gasteiger partial charge on any atom is 0.0847 e. The molecule has 0 aliphatic rings. The van der Waals surface area contributed by atoms with Gasteiger partial charge in [0, 0.05) is 16.7 Å². The molecule has 2 N–H and O–H groups in total. The van der Waals surface area contributed by atoms with Gasteiger partial charge >= 0.3 is 0 Å². The fraction of sp³-hybridized carbons (Fsp3) is 0.500. The number of aliphatic hydroxyl groups is 1. The van der Waals surface area contributed by atoms with Gasteiger partial charge in [-0.25, -0.2) is 0 Å². The van der Waals surface area contributed by atoms with E-state index in [-0.39, 0.29) is 5.88 Å². The third-order valence-corrected chi connectivity index (χ3v) is 3.19. The fourth-order valence-corrected chi connectivity index (χ4v) is 1.94. The highest BCUT2D eigenvalue weighted by atomic mass is 79.9. The molecule has 0 aliphatic carbocycles. The zero-order chi connectivity index (χ0) is 12.1. The second-order valence-electron chi connectivity index (χ2n) is 4.08. The molecule has 1 aromatic rings. The SMILES string of the molecule is CC(C)c1cc(Br)ccc1NCC(O)CCl. The molecule has 0 amide bonds. The number of halogens is 2. The van der Waals surface area contributed by atoms with Gasteiger partial charge in [0.1, 0.15) is 0 Å². The maximum absolute atomic E-state index is 9.40. The lowest BCUT2D eigenvalue weighted by atomic mass is 10.0. The van der Waals surface area contributed by atoms with E-state index in [0.29, 0.717) is 12.5 Å². The summed E-state index contributed by atoms with van der Waals surface area (Å²) >= 11 is 9.01. The van der Waals surface area contributed by atoms with Crippen molar-refractivity contribution in [3.05, 3.63) is 28.2 Å². The lowest BCUT2D eigenvalue weighted by Gasteiger charge is -2.16. The van der Waals surface area contributed by atoms with Gasteiger partial charge in [0.15, 0.2) is 0 Å². The summed E-state index contributed by atoms with van der Waals surface area (Å²) in [5.41, 5.74) is 2.29. The van der Waals surface area contributed by atoms with E-state index in [1.54, 1.807) is 0 Å². The van der Waals surface area contributed by atoms with Crippen LogP contribution in [0.25, 0.3) is 0 Å². The molecule has 1 rings (SSSR count). The van der Waals surface area contributed by atoms with Crippen LogP contribution in [0.1, 0.15) is 25.3 Å². The van der Waals surface area contributed by atoms with E-state index in [4.69, 9.17) is 11.6 Å². The van der Waals surface area contributed by atoms with Gasteiger partial charge in [-0.2, -0.15) is 0 Å². The third kappa shape index (κ3) is 3.96. The zero-order valence-corrected chi connectivity index (χ0v) is 11.8. The Morgan fingerprint density at radius 1 is 1.44 bits per heavy atom. The number of rotatable bonds is 5. The smallest absolute Gasteiger partial charge is 0.0847 e. The molecule has 2 nitrogen and oxygen atoms in total. The van der Waals surface area contributed by atoms with Crippen molar-refractivity contribution in [1.82, 2.24) is 0 Å². The minimum absolute atomic E-state index is 0.251. The largest absolute Gasteiger partial charge is 0.390 e. The summed E-state index contributed by atoms with van der Waals surface area (Å²) in [4.78, 5) is 0. The van der Waals surface area contributed by atoms with Gasteiger partial charge < -0.3 is 10.4 Å². The average Bonchev–Trinajstić information content (AvgIpc) is 2.26. The van der Waals surface area contributed by atoms with Crippen LogP contribution in [-0.4, -0.2) is 23.6 Å². The van der Waals surface area contributed by atoms with Gasteiger partial charge in [-0.05, 0) is 29.7 Å². The van der Waals surface area contributed by atoms with Crippen LogP contribution in [0.2, 0.25) is 0 Å². The molecule has 0 aromatic heterocycles. The summed E-state index contributed by atoms with van der Waals surface area (Å²) in [5, 5.41) is 12.6. The molecule has 0 spiro atoms. The van der Waals surface area contributed by atoms with Crippen molar-refractivity contribution in [2.75, 3.05) is 17.7 Å². The second kappa shape index (κ2) is 6.48. The van der Waals surface area contributed by atoms with Crippen LogP contribution in [0.3, 0.4) is 0 Å². The van der Waals surface area contributed by atoms with Gasteiger partial charge in [-0.3, -0.25) is 0 Å². The van der Waals surface area contributed by atoms with Crippen molar-refractivity contribution < 1.29 is 5.11 Å². The van der Waals surface area contributed by atoms with Crippen LogP contribution in [0.5, 0.6) is 0 Å². The van der Waals surface area contributed by atoms with Crippen LogP contribution in [0.15, 0.2) is 22.7 Å². The molecule has 16 heavy (non-hydrogen) atoms. The normalized spacial score (nSPS) is 12.9. The number of hydrogen-bond donors (Lipinski definition) is 2. The number of hydrogen-bond acceptors (Lipinski definition) is 2. The molecule has 1 atom stereocenters. The molecule has 0 saturated heterocycles. The molecule has 0 radical (unpaired) electrons. The number of anilines is 1. The Hall–Kier alpha value is -0.250. The van der Waals surface area contributed by atoms with Gasteiger partial charge in [0.05, 0.1) is 12.0 Å². The van der Waals surface area contributed by atoms with Crippen LogP contribution in [0, 0.1) is 0 Å². The Labute approximate surface area is 110 Å². The molecule has 0 bridgehead atoms. The van der Waals surface area contributed by atoms with Crippen molar-refractivity contribution in [2.45, 2.75) is 25.9 Å². The number of aliphatic hydroxyl groups excluding tert-OH is 1. The van der Waals surface area contributed by atoms with E-state index in [1.165, 1.54) is 5.56 Å². The Morgan fingerprint density at radius 2 is 2.12 bits per heavy atom. The van der Waals surface area contributed by atoms with E-state index in [2.05, 4.69) is 41.2 Å². The molecule has 0 aliphatic heterocycles. The minimum atomic E-state index is -0.509. The maximum atomic E-state index is 9.40. The van der Waals surface area contributed by atoms with E-state index >= 15 is 0 Å². The van der Waals surface area contributed by atoms with Crippen LogP contribution >= 0.6 is 27.5 Å². The molecule has 0 saturated carbocycles. The highest BCUT2D eigenvalue weighted by Crippen LogP contribution is 2.27. The number of alkyl halides is 1. The summed E-state index contributed by atoms with van der Waals surface area (Å²) in [6, 6.07) is 6.10. The lowest BCUT2D eigenvalue weighted by Crippen LogP contribution is -2.21. The molecule has 0 fully saturated rings. The molecule has 1 aromatic carbocycles. The van der Waals surface area contributed by atoms with Gasteiger partial charge in [-0.15, -0.1) is 11.6 Å². The second-order valence-corrected chi connectivity index (χ2v) is 5.30. The first-order chi connectivity index (χ1) is 7.54. The van der Waals surface area contributed by atoms with Crippen molar-refractivity contribution >= 4 is 33.2 Å². The lowest BCUT2D eigenvalue weighted by molar-refractivity contribution is 0.211. The monoisotopic (exact) mass is 305 g/mol. The van der Waals surface area contributed by atoms with Crippen molar-refractivity contribution in [1.29, 1.82) is 0 Å². The van der Waals surface area contributed by atoms with E-state index in [9.17, 15) is 5.11 Å². The summed E-state index contributed by atoms with van der Waals surface area (Å²) in [7, 11) is 0. The topological polar surface area (TPSA) is 32.3 Å². The summed E-state index contributed by atoms with van der Waals surface area (Å²) < 4.78 is 1.07. The summed E-state index contributed by atoms with van der Waals surface area (Å²) in [5.74, 6) is 0.689. The third-order valence-electron chi connectivity index (χ3n) is 2.34. The first-order valence-electron chi connectivity index (χ1n) is 5.32. The van der Waals surface area contributed by atoms with Gasteiger partial charge in [0.2, 0.25) is 0 Å². The van der Waals surface area contributed by atoms with Crippen molar-refractivity contribution in [3.63, 3.8) is 0 Å². The molecule has 90 valence electrons. The average molecular weight is 307 g/mol. The Kier molecular flexibility index (Phi) is 5.59. The predicted octanol–water partition coefficient (Wildman–Crippen LogP) is 3.58. The van der Waals surface area contributed by atoms with E-state index < -0.39 is 6.10 Å². The predicted molar refractivity (Wildman–Crippen MR) is 73.4 cm³/mol. The Balaban J connectivity index is 2.78. The number of benzene rings is 1. The summed E-state index contributed by atoms with van der Waals surface area (Å²) in [6.07, 6.45) is -0.509. The molecule has 4 heteroatoms. The zero-order valence-electron chi connectivity index (χ0n) is 9.50. The highest BCUT2D eigenvalue weighted by molar-refractivity contribution is 9.10. The first-order valence-corrected chi connectivity index (χ1v) is 6.64. The molecular formula is C12H17BrClNO. The van der Waals surface area contributed by atoms with Crippen LogP contribution in [0.4, 0.5) is 5.69 Å². The summed E-state index contributed by atoms with van der Waals surface area (Å²) in [6.45, 7) is 4.76. The Bertz CT molecular complexity index is 344.